The molecule has 0 aliphatic carbocycles. The fourth-order valence-corrected chi connectivity index (χ4v) is 2.70. The van der Waals surface area contributed by atoms with Crippen molar-refractivity contribution >= 4 is 18.8 Å². The molecule has 0 radical (unpaired) electrons. The van der Waals surface area contributed by atoms with Crippen LogP contribution in [0.4, 0.5) is 0 Å². The van der Waals surface area contributed by atoms with E-state index in [1.165, 1.54) is 12.8 Å². The fourth-order valence-electron chi connectivity index (χ4n) is 2.70. The van der Waals surface area contributed by atoms with Crippen molar-refractivity contribution in [3.63, 3.8) is 0 Å². The summed E-state index contributed by atoms with van der Waals surface area (Å²) in [5, 5.41) is 8.68. The van der Waals surface area contributed by atoms with Gasteiger partial charge in [-0.05, 0) is 0 Å². The second-order valence-electron chi connectivity index (χ2n) is 6.11. The Bertz CT molecular complexity index is 172. The van der Waals surface area contributed by atoms with Gasteiger partial charge in [-0.25, -0.2) is 0 Å². The summed E-state index contributed by atoms with van der Waals surface area (Å²) in [5.41, 5.74) is 0. The standard InChI is InChI=1S/2C7H14N.2ClH.Pt/c2*1-6-3-7(2)5-8-4-6;;;/h2*6-7H,3-5H2,1-2H3;2*1H;/q2*-1;;;+4/p-2/t6-,7+;6-,7-;;;/m.1.../s1. The van der Waals surface area contributed by atoms with Gasteiger partial charge in [-0.15, -0.1) is 26.2 Å². The van der Waals surface area contributed by atoms with Crippen molar-refractivity contribution in [1.82, 2.24) is 0 Å². The van der Waals surface area contributed by atoms with Gasteiger partial charge in [-0.1, -0.05) is 64.2 Å². The van der Waals surface area contributed by atoms with Crippen molar-refractivity contribution < 1.29 is 16.5 Å². The zero-order valence-electron chi connectivity index (χ0n) is 12.5. The van der Waals surface area contributed by atoms with Gasteiger partial charge in [0.15, 0.2) is 0 Å². The molecule has 0 unspecified atom stereocenters. The van der Waals surface area contributed by atoms with Crippen LogP contribution in [-0.2, 0) is 16.5 Å². The normalized spacial score (nSPS) is 34.6. The number of halogens is 2. The fraction of sp³-hybridized carbons (Fsp3) is 1.00. The minimum atomic E-state index is -0.472. The third-order valence-electron chi connectivity index (χ3n) is 3.37. The van der Waals surface area contributed by atoms with Crippen LogP contribution in [0.2, 0.25) is 0 Å². The van der Waals surface area contributed by atoms with Crippen molar-refractivity contribution in [2.45, 2.75) is 40.5 Å². The molecule has 2 aliphatic heterocycles. The summed E-state index contributed by atoms with van der Waals surface area (Å²) in [6, 6.07) is 0. The maximum absolute atomic E-state index is 4.88. The third-order valence-corrected chi connectivity index (χ3v) is 3.37. The monoisotopic (exact) mass is 489 g/mol. The Hall–Kier alpha value is 1.19. The number of nitrogens with zero attached hydrogens (tertiary/aromatic N) is 2. The zero-order chi connectivity index (χ0) is 14.7. The van der Waals surface area contributed by atoms with E-state index in [-0.39, 0.29) is 0 Å². The molecular weight excluding hydrogens is 462 g/mol. The molecule has 0 amide bonds. The molecule has 0 aromatic heterocycles. The average Bonchev–Trinajstić information content (AvgIpc) is 2.30. The van der Waals surface area contributed by atoms with Crippen LogP contribution in [0.1, 0.15) is 40.5 Å². The summed E-state index contributed by atoms with van der Waals surface area (Å²) < 4.78 is 0. The first-order valence-electron chi connectivity index (χ1n) is 7.08. The average molecular weight is 490 g/mol. The van der Waals surface area contributed by atoms with Crippen LogP contribution in [0.25, 0.3) is 10.6 Å². The van der Waals surface area contributed by atoms with Crippen molar-refractivity contribution in [2.24, 2.45) is 23.7 Å². The number of hydrogen-bond donors (Lipinski definition) is 0. The second-order valence-corrected chi connectivity index (χ2v) is 9.40. The Morgan fingerprint density at radius 2 is 0.895 bits per heavy atom. The molecule has 0 saturated carbocycles. The van der Waals surface area contributed by atoms with Crippen LogP contribution in [0.3, 0.4) is 0 Å². The van der Waals surface area contributed by atoms with Gasteiger partial charge in [0.2, 0.25) is 0 Å². The molecule has 0 spiro atoms. The van der Waals surface area contributed by atoms with Crippen molar-refractivity contribution in [2.75, 3.05) is 26.2 Å². The predicted molar refractivity (Wildman–Crippen MR) is 83.8 cm³/mol. The number of hydrogen-bond acceptors (Lipinski definition) is 0. The SMILES string of the molecule is C[C@@H]1C[N-]C[C@H](C)C1.C[C@H]1C[N-]C[C@H](C)C1.[Cl][Pt+2][Cl]. The summed E-state index contributed by atoms with van der Waals surface area (Å²) in [6.07, 6.45) is 2.76. The summed E-state index contributed by atoms with van der Waals surface area (Å²) in [5.74, 6) is 3.38. The van der Waals surface area contributed by atoms with E-state index in [9.17, 15) is 0 Å². The summed E-state index contributed by atoms with van der Waals surface area (Å²) in [7, 11) is 9.75. The first-order chi connectivity index (χ1) is 8.99. The molecule has 2 nitrogen and oxygen atoms in total. The van der Waals surface area contributed by atoms with Gasteiger partial charge in [0.05, 0.1) is 0 Å². The summed E-state index contributed by atoms with van der Waals surface area (Å²) in [4.78, 5) is 0. The Morgan fingerprint density at radius 1 is 0.684 bits per heavy atom. The Balaban J connectivity index is 0.000000284. The van der Waals surface area contributed by atoms with Crippen LogP contribution in [-0.4, -0.2) is 26.2 Å². The van der Waals surface area contributed by atoms with E-state index in [1.807, 2.05) is 0 Å². The third kappa shape index (κ3) is 12.6. The molecule has 2 heterocycles. The molecule has 5 heteroatoms. The molecule has 0 bridgehead atoms. The maximum atomic E-state index is 4.88. The van der Waals surface area contributed by atoms with E-state index >= 15 is 0 Å². The van der Waals surface area contributed by atoms with Gasteiger partial charge >= 0.3 is 35.3 Å². The van der Waals surface area contributed by atoms with E-state index in [1.54, 1.807) is 0 Å². The van der Waals surface area contributed by atoms with Gasteiger partial charge < -0.3 is 10.6 Å². The molecule has 0 aromatic carbocycles. The van der Waals surface area contributed by atoms with Gasteiger partial charge in [0.1, 0.15) is 0 Å². The Kier molecular flexibility index (Phi) is 13.7. The van der Waals surface area contributed by atoms with Crippen molar-refractivity contribution in [3.05, 3.63) is 10.6 Å². The first-order valence-corrected chi connectivity index (χ1v) is 12.7. The molecule has 0 aromatic rings. The van der Waals surface area contributed by atoms with Crippen LogP contribution >= 0.6 is 18.8 Å². The predicted octanol–water partition coefficient (Wildman–Crippen LogP) is 5.45. The van der Waals surface area contributed by atoms with Crippen LogP contribution in [0.5, 0.6) is 0 Å². The van der Waals surface area contributed by atoms with Crippen molar-refractivity contribution in [1.29, 1.82) is 0 Å². The molecule has 118 valence electrons. The molecule has 0 N–H and O–H groups in total. The number of rotatable bonds is 0. The van der Waals surface area contributed by atoms with Gasteiger partial charge in [0.25, 0.3) is 0 Å². The minimum absolute atomic E-state index is 0.472. The first kappa shape index (κ1) is 20.2. The van der Waals surface area contributed by atoms with E-state index in [0.717, 1.165) is 49.9 Å². The quantitative estimate of drug-likeness (QED) is 0.432. The topological polar surface area (TPSA) is 28.2 Å². The second kappa shape index (κ2) is 12.9. The molecule has 2 fully saturated rings. The molecule has 2 rings (SSSR count). The van der Waals surface area contributed by atoms with Gasteiger partial charge in [0, 0.05) is 0 Å². The van der Waals surface area contributed by atoms with E-state index in [0.29, 0.717) is 0 Å². The zero-order valence-corrected chi connectivity index (χ0v) is 16.3. The van der Waals surface area contributed by atoms with E-state index in [2.05, 4.69) is 38.3 Å². The van der Waals surface area contributed by atoms with E-state index in [4.69, 9.17) is 18.8 Å². The van der Waals surface area contributed by atoms with Crippen molar-refractivity contribution in [3.8, 4) is 0 Å². The molecule has 2 saturated heterocycles. The summed E-state index contributed by atoms with van der Waals surface area (Å²) in [6.45, 7) is 13.5. The molecular formula is C14H28Cl2N2Pt. The molecule has 4 atom stereocenters. The summed E-state index contributed by atoms with van der Waals surface area (Å²) >= 11 is -0.472. The number of piperidine rings is 2. The Morgan fingerprint density at radius 3 is 1.00 bits per heavy atom. The molecule has 19 heavy (non-hydrogen) atoms. The van der Waals surface area contributed by atoms with Crippen LogP contribution in [0.15, 0.2) is 0 Å². The van der Waals surface area contributed by atoms with Gasteiger partial charge in [-0.2, -0.15) is 0 Å². The Labute approximate surface area is 136 Å². The van der Waals surface area contributed by atoms with E-state index < -0.39 is 16.5 Å². The van der Waals surface area contributed by atoms with Gasteiger partial charge in [-0.3, -0.25) is 0 Å². The van der Waals surface area contributed by atoms with Crippen LogP contribution < -0.4 is 0 Å². The van der Waals surface area contributed by atoms with Crippen LogP contribution in [0, 0.1) is 23.7 Å². The molecule has 2 aliphatic rings.